The Morgan fingerprint density at radius 2 is 1.81 bits per heavy atom. The number of carbonyl (C=O) groups excluding carboxylic acids is 2. The molecular weight excluding hydrogens is 408 g/mol. The summed E-state index contributed by atoms with van der Waals surface area (Å²) in [7, 11) is 0. The van der Waals surface area contributed by atoms with Crippen molar-refractivity contribution < 1.29 is 9.59 Å². The minimum atomic E-state index is -0.281. The van der Waals surface area contributed by atoms with Gasteiger partial charge >= 0.3 is 0 Å². The standard InChI is InChI=1S/C24H28N4O2S/c1-5-20(18-11-7-6-8-12-18)23(30)28(16(2)3)15-21(29)25-24-27-26-22(31-24)19-13-9-10-17(4)14-19/h6-14,16,20H,5,15H2,1-4H3,(H,25,27,29). The van der Waals surface area contributed by atoms with Crippen LogP contribution in [0.4, 0.5) is 5.13 Å². The molecule has 0 aliphatic heterocycles. The first-order chi connectivity index (χ1) is 14.9. The zero-order valence-electron chi connectivity index (χ0n) is 18.3. The summed E-state index contributed by atoms with van der Waals surface area (Å²) in [5, 5.41) is 12.2. The molecule has 3 rings (SSSR count). The van der Waals surface area contributed by atoms with Crippen LogP contribution in [-0.2, 0) is 9.59 Å². The Balaban J connectivity index is 1.69. The predicted molar refractivity (Wildman–Crippen MR) is 125 cm³/mol. The lowest BCUT2D eigenvalue weighted by Crippen LogP contribution is -2.44. The Morgan fingerprint density at radius 1 is 1.06 bits per heavy atom. The van der Waals surface area contributed by atoms with Gasteiger partial charge in [-0.3, -0.25) is 14.9 Å². The van der Waals surface area contributed by atoms with Gasteiger partial charge in [0.05, 0.1) is 5.92 Å². The first-order valence-corrected chi connectivity index (χ1v) is 11.3. The summed E-state index contributed by atoms with van der Waals surface area (Å²) in [4.78, 5) is 27.6. The van der Waals surface area contributed by atoms with Crippen LogP contribution < -0.4 is 5.32 Å². The van der Waals surface area contributed by atoms with Crippen LogP contribution in [0.25, 0.3) is 10.6 Å². The molecule has 0 bridgehead atoms. The van der Waals surface area contributed by atoms with Gasteiger partial charge in [-0.25, -0.2) is 0 Å². The summed E-state index contributed by atoms with van der Waals surface area (Å²) in [6.45, 7) is 7.82. The van der Waals surface area contributed by atoms with Crippen molar-refractivity contribution in [2.24, 2.45) is 0 Å². The van der Waals surface area contributed by atoms with Gasteiger partial charge in [0.25, 0.3) is 0 Å². The summed E-state index contributed by atoms with van der Waals surface area (Å²) in [5.74, 6) is -0.598. The van der Waals surface area contributed by atoms with Gasteiger partial charge < -0.3 is 4.90 Å². The number of benzene rings is 2. The third kappa shape index (κ3) is 5.76. The summed E-state index contributed by atoms with van der Waals surface area (Å²) < 4.78 is 0. The normalized spacial score (nSPS) is 11.9. The van der Waals surface area contributed by atoms with Gasteiger partial charge in [0.1, 0.15) is 11.6 Å². The smallest absolute Gasteiger partial charge is 0.245 e. The molecule has 0 saturated carbocycles. The fourth-order valence-electron chi connectivity index (χ4n) is 3.44. The Kier molecular flexibility index (Phi) is 7.52. The Labute approximate surface area is 187 Å². The van der Waals surface area contributed by atoms with Crippen molar-refractivity contribution in [1.82, 2.24) is 15.1 Å². The van der Waals surface area contributed by atoms with E-state index in [0.717, 1.165) is 21.7 Å². The Bertz CT molecular complexity index is 1030. The van der Waals surface area contributed by atoms with Crippen LogP contribution >= 0.6 is 11.3 Å². The fraction of sp³-hybridized carbons (Fsp3) is 0.333. The van der Waals surface area contributed by atoms with Crippen LogP contribution in [0.5, 0.6) is 0 Å². The van der Waals surface area contributed by atoms with E-state index in [1.807, 2.05) is 82.3 Å². The van der Waals surface area contributed by atoms with Gasteiger partial charge in [0, 0.05) is 11.6 Å². The molecule has 0 saturated heterocycles. The molecule has 1 heterocycles. The van der Waals surface area contributed by atoms with Gasteiger partial charge in [0.15, 0.2) is 0 Å². The molecule has 1 unspecified atom stereocenters. The highest BCUT2D eigenvalue weighted by molar-refractivity contribution is 7.18. The van der Waals surface area contributed by atoms with E-state index in [1.165, 1.54) is 11.3 Å². The van der Waals surface area contributed by atoms with E-state index in [1.54, 1.807) is 4.90 Å². The van der Waals surface area contributed by atoms with Gasteiger partial charge in [0.2, 0.25) is 16.9 Å². The number of rotatable bonds is 8. The van der Waals surface area contributed by atoms with Crippen molar-refractivity contribution in [3.8, 4) is 10.6 Å². The molecule has 0 radical (unpaired) electrons. The number of nitrogens with one attached hydrogen (secondary N) is 1. The maximum Gasteiger partial charge on any atom is 0.245 e. The molecule has 162 valence electrons. The molecule has 3 aromatic rings. The van der Waals surface area contributed by atoms with E-state index in [4.69, 9.17) is 0 Å². The Hall–Kier alpha value is -3.06. The zero-order valence-corrected chi connectivity index (χ0v) is 19.1. The molecule has 1 aromatic heterocycles. The Morgan fingerprint density at radius 3 is 2.45 bits per heavy atom. The van der Waals surface area contributed by atoms with E-state index in [0.29, 0.717) is 11.6 Å². The van der Waals surface area contributed by atoms with E-state index >= 15 is 0 Å². The lowest BCUT2D eigenvalue weighted by molar-refractivity contribution is -0.137. The second-order valence-corrected chi connectivity index (χ2v) is 8.74. The van der Waals surface area contributed by atoms with Crippen molar-refractivity contribution in [3.05, 3.63) is 65.7 Å². The van der Waals surface area contributed by atoms with Crippen LogP contribution in [0, 0.1) is 6.92 Å². The second-order valence-electron chi connectivity index (χ2n) is 7.76. The molecule has 0 aliphatic rings. The topological polar surface area (TPSA) is 75.2 Å². The van der Waals surface area contributed by atoms with Crippen molar-refractivity contribution in [3.63, 3.8) is 0 Å². The number of hydrogen-bond donors (Lipinski definition) is 1. The third-order valence-electron chi connectivity index (χ3n) is 5.07. The summed E-state index contributed by atoms with van der Waals surface area (Å²) in [6, 6.07) is 17.6. The molecule has 7 heteroatoms. The summed E-state index contributed by atoms with van der Waals surface area (Å²) in [6.07, 6.45) is 0.671. The van der Waals surface area contributed by atoms with Gasteiger partial charge in [-0.05, 0) is 38.8 Å². The SMILES string of the molecule is CCC(C(=O)N(CC(=O)Nc1nnc(-c2cccc(C)c2)s1)C(C)C)c1ccccc1. The maximum atomic E-state index is 13.2. The quantitative estimate of drug-likeness (QED) is 0.546. The highest BCUT2D eigenvalue weighted by Gasteiger charge is 2.28. The van der Waals surface area contributed by atoms with Crippen molar-refractivity contribution in [1.29, 1.82) is 0 Å². The van der Waals surface area contributed by atoms with E-state index in [9.17, 15) is 9.59 Å². The molecule has 2 aromatic carbocycles. The molecule has 0 spiro atoms. The maximum absolute atomic E-state index is 13.2. The first kappa shape index (κ1) is 22.6. The molecule has 31 heavy (non-hydrogen) atoms. The lowest BCUT2D eigenvalue weighted by atomic mass is 9.94. The van der Waals surface area contributed by atoms with Crippen molar-refractivity contribution in [2.45, 2.75) is 46.1 Å². The molecule has 0 fully saturated rings. The molecule has 1 atom stereocenters. The highest BCUT2D eigenvalue weighted by Crippen LogP contribution is 2.27. The fourth-order valence-corrected chi connectivity index (χ4v) is 4.19. The van der Waals surface area contributed by atoms with E-state index in [2.05, 4.69) is 15.5 Å². The molecule has 6 nitrogen and oxygen atoms in total. The first-order valence-electron chi connectivity index (χ1n) is 10.4. The third-order valence-corrected chi connectivity index (χ3v) is 5.95. The largest absolute Gasteiger partial charge is 0.330 e. The number of amides is 2. The average Bonchev–Trinajstić information content (AvgIpc) is 3.21. The molecule has 2 amide bonds. The van der Waals surface area contributed by atoms with Crippen LogP contribution in [0.3, 0.4) is 0 Å². The number of carbonyl (C=O) groups is 2. The highest BCUT2D eigenvalue weighted by atomic mass is 32.1. The van der Waals surface area contributed by atoms with Crippen LogP contribution in [0.15, 0.2) is 54.6 Å². The average molecular weight is 437 g/mol. The van der Waals surface area contributed by atoms with Crippen molar-refractivity contribution in [2.75, 3.05) is 11.9 Å². The predicted octanol–water partition coefficient (Wildman–Crippen LogP) is 4.88. The number of aryl methyl sites for hydroxylation is 1. The molecular formula is C24H28N4O2S. The van der Waals surface area contributed by atoms with E-state index in [-0.39, 0.29) is 30.3 Å². The minimum Gasteiger partial charge on any atom is -0.330 e. The number of nitrogens with zero attached hydrogens (tertiary/aromatic N) is 3. The monoisotopic (exact) mass is 436 g/mol. The molecule has 1 N–H and O–H groups in total. The second kappa shape index (κ2) is 10.3. The number of anilines is 1. The van der Waals surface area contributed by atoms with Crippen molar-refractivity contribution >= 4 is 28.3 Å². The lowest BCUT2D eigenvalue weighted by Gasteiger charge is -2.30. The van der Waals surface area contributed by atoms with Crippen LogP contribution in [-0.4, -0.2) is 39.5 Å². The van der Waals surface area contributed by atoms with Gasteiger partial charge in [-0.15, -0.1) is 10.2 Å². The molecule has 0 aliphatic carbocycles. The zero-order chi connectivity index (χ0) is 22.4. The van der Waals surface area contributed by atoms with Gasteiger partial charge in [-0.2, -0.15) is 0 Å². The van der Waals surface area contributed by atoms with Crippen LogP contribution in [0.1, 0.15) is 44.2 Å². The number of aromatic nitrogens is 2. The minimum absolute atomic E-state index is 0.0286. The van der Waals surface area contributed by atoms with E-state index < -0.39 is 0 Å². The summed E-state index contributed by atoms with van der Waals surface area (Å²) >= 11 is 1.32. The number of hydrogen-bond acceptors (Lipinski definition) is 5. The van der Waals surface area contributed by atoms with Gasteiger partial charge in [-0.1, -0.05) is 72.4 Å². The van der Waals surface area contributed by atoms with Crippen LogP contribution in [0.2, 0.25) is 0 Å². The summed E-state index contributed by atoms with van der Waals surface area (Å²) in [5.41, 5.74) is 3.06.